The van der Waals surface area contributed by atoms with Gasteiger partial charge >= 0.3 is 0 Å². The summed E-state index contributed by atoms with van der Waals surface area (Å²) in [5.74, 6) is -0.322. The summed E-state index contributed by atoms with van der Waals surface area (Å²) in [5, 5.41) is 3.36. The molecule has 0 fully saturated rings. The highest BCUT2D eigenvalue weighted by Crippen LogP contribution is 2.28. The lowest BCUT2D eigenvalue weighted by Gasteiger charge is -2.32. The van der Waals surface area contributed by atoms with Crippen molar-refractivity contribution in [2.24, 2.45) is 0 Å². The van der Waals surface area contributed by atoms with Gasteiger partial charge in [-0.2, -0.15) is 0 Å². The molecular formula is C31H38ClN3O5S2. The Balaban J connectivity index is 2.04. The maximum Gasteiger partial charge on any atom is 0.264 e. The number of ether oxygens (including phenoxy) is 1. The van der Waals surface area contributed by atoms with Gasteiger partial charge < -0.3 is 15.0 Å². The minimum absolute atomic E-state index is 0.0210. The summed E-state index contributed by atoms with van der Waals surface area (Å²) in [6.07, 6.45) is 2.62. The molecule has 42 heavy (non-hydrogen) atoms. The van der Waals surface area contributed by atoms with Crippen LogP contribution in [-0.4, -0.2) is 56.6 Å². The Labute approximate surface area is 258 Å². The minimum atomic E-state index is -4.17. The lowest BCUT2D eigenvalue weighted by atomic mass is 10.1. The molecule has 0 aliphatic carbocycles. The molecule has 0 heterocycles. The first-order chi connectivity index (χ1) is 20.0. The zero-order valence-corrected chi connectivity index (χ0v) is 26.9. The van der Waals surface area contributed by atoms with E-state index in [1.54, 1.807) is 67.6 Å². The number of hydrogen-bond donors (Lipinski definition) is 1. The van der Waals surface area contributed by atoms with Crippen molar-refractivity contribution in [2.75, 3.05) is 23.7 Å². The van der Waals surface area contributed by atoms with Gasteiger partial charge in [0.15, 0.2) is 0 Å². The number of rotatable bonds is 14. The van der Waals surface area contributed by atoms with Gasteiger partial charge in [0.1, 0.15) is 18.3 Å². The number of halogens is 1. The molecule has 0 radical (unpaired) electrons. The van der Waals surface area contributed by atoms with Gasteiger partial charge in [0.25, 0.3) is 10.0 Å². The van der Waals surface area contributed by atoms with E-state index in [-0.39, 0.29) is 29.1 Å². The van der Waals surface area contributed by atoms with Crippen molar-refractivity contribution in [3.63, 3.8) is 0 Å². The number of nitrogens with zero attached hydrogens (tertiary/aromatic N) is 2. The van der Waals surface area contributed by atoms with Crippen molar-refractivity contribution in [3.05, 3.63) is 83.4 Å². The Morgan fingerprint density at radius 2 is 1.62 bits per heavy atom. The molecule has 3 rings (SSSR count). The van der Waals surface area contributed by atoms with Crippen LogP contribution in [0.3, 0.4) is 0 Å². The van der Waals surface area contributed by atoms with Crippen LogP contribution in [0, 0.1) is 0 Å². The number of hydrogen-bond acceptors (Lipinski definition) is 6. The number of carbonyl (C=O) groups is 2. The maximum atomic E-state index is 14.1. The van der Waals surface area contributed by atoms with Crippen LogP contribution >= 0.6 is 23.4 Å². The lowest BCUT2D eigenvalue weighted by Crippen LogP contribution is -2.52. The second kappa shape index (κ2) is 15.3. The summed E-state index contributed by atoms with van der Waals surface area (Å²) in [6, 6.07) is 19.1. The van der Waals surface area contributed by atoms with Crippen LogP contribution in [0.25, 0.3) is 0 Å². The maximum absolute atomic E-state index is 14.1. The molecular weight excluding hydrogens is 594 g/mol. The molecule has 0 saturated heterocycles. The van der Waals surface area contributed by atoms with Crippen molar-refractivity contribution < 1.29 is 22.7 Å². The predicted octanol–water partition coefficient (Wildman–Crippen LogP) is 5.99. The van der Waals surface area contributed by atoms with E-state index >= 15 is 0 Å². The Morgan fingerprint density at radius 3 is 2.19 bits per heavy atom. The number of anilines is 1. The molecule has 11 heteroatoms. The summed E-state index contributed by atoms with van der Waals surface area (Å²) in [5.41, 5.74) is 0.925. The van der Waals surface area contributed by atoms with Gasteiger partial charge in [-0.05, 0) is 93.6 Å². The van der Waals surface area contributed by atoms with Crippen LogP contribution in [0.1, 0.15) is 39.7 Å². The smallest absolute Gasteiger partial charge is 0.264 e. The van der Waals surface area contributed by atoms with Gasteiger partial charge in [-0.25, -0.2) is 8.42 Å². The number of nitrogens with one attached hydrogen (secondary N) is 1. The van der Waals surface area contributed by atoms with E-state index < -0.39 is 28.5 Å². The summed E-state index contributed by atoms with van der Waals surface area (Å²) < 4.78 is 34.6. The van der Waals surface area contributed by atoms with Gasteiger partial charge in [-0.15, -0.1) is 11.8 Å². The zero-order chi connectivity index (χ0) is 30.9. The first kappa shape index (κ1) is 33.3. The molecule has 226 valence electrons. The van der Waals surface area contributed by atoms with Crippen LogP contribution in [-0.2, 0) is 26.2 Å². The van der Waals surface area contributed by atoms with Gasteiger partial charge in [-0.1, -0.05) is 36.7 Å². The molecule has 1 N–H and O–H groups in total. The van der Waals surface area contributed by atoms with Crippen molar-refractivity contribution in [1.82, 2.24) is 10.2 Å². The van der Waals surface area contributed by atoms with E-state index in [0.717, 1.165) is 15.6 Å². The SMILES string of the molecule is CCOc1ccc(N(CC(=O)N(Cc2ccccc2Cl)[C@H](C)C(=O)N[C@H](C)CC)S(=O)(=O)c2ccc(SC)cc2)cc1. The first-order valence-electron chi connectivity index (χ1n) is 13.7. The number of sulfonamides is 1. The van der Waals surface area contributed by atoms with Crippen LogP contribution in [0.2, 0.25) is 5.02 Å². The molecule has 0 bridgehead atoms. The van der Waals surface area contributed by atoms with Crippen molar-refractivity contribution in [1.29, 1.82) is 0 Å². The topological polar surface area (TPSA) is 96.0 Å². The van der Waals surface area contributed by atoms with Gasteiger partial charge in [-0.3, -0.25) is 13.9 Å². The lowest BCUT2D eigenvalue weighted by molar-refractivity contribution is -0.139. The van der Waals surface area contributed by atoms with E-state index in [1.807, 2.05) is 27.0 Å². The van der Waals surface area contributed by atoms with E-state index in [4.69, 9.17) is 16.3 Å². The van der Waals surface area contributed by atoms with Crippen LogP contribution in [0.4, 0.5) is 5.69 Å². The van der Waals surface area contributed by atoms with E-state index in [0.29, 0.717) is 22.9 Å². The standard InChI is InChI=1S/C31H38ClN3O5S2/c1-6-22(3)33-31(37)23(4)34(20-24-10-8-9-11-29(24)32)30(36)21-35(25-12-14-26(15-13-25)40-7-2)42(38,39)28-18-16-27(41-5)17-19-28/h8-19,22-23H,6-7,20-21H2,1-5H3,(H,33,37)/t22-,23-/m1/s1. The quantitative estimate of drug-likeness (QED) is 0.220. The summed E-state index contributed by atoms with van der Waals surface area (Å²) >= 11 is 7.92. The Morgan fingerprint density at radius 1 is 0.976 bits per heavy atom. The number of thioether (sulfide) groups is 1. The summed E-state index contributed by atoms with van der Waals surface area (Å²) in [7, 11) is -4.17. The second-order valence-electron chi connectivity index (χ2n) is 9.72. The molecule has 0 aliphatic heterocycles. The fourth-order valence-corrected chi connectivity index (χ4v) is 6.16. The molecule has 0 aliphatic rings. The molecule has 3 aromatic carbocycles. The highest BCUT2D eigenvalue weighted by atomic mass is 35.5. The van der Waals surface area contributed by atoms with E-state index in [1.165, 1.54) is 28.8 Å². The summed E-state index contributed by atoms with van der Waals surface area (Å²) in [6.45, 7) is 7.26. The highest BCUT2D eigenvalue weighted by molar-refractivity contribution is 7.98. The molecule has 2 amide bonds. The number of carbonyl (C=O) groups excluding carboxylic acids is 2. The third kappa shape index (κ3) is 8.42. The number of benzene rings is 3. The fraction of sp³-hybridized carbons (Fsp3) is 0.355. The molecule has 2 atom stereocenters. The zero-order valence-electron chi connectivity index (χ0n) is 24.5. The minimum Gasteiger partial charge on any atom is -0.494 e. The van der Waals surface area contributed by atoms with Crippen molar-refractivity contribution >= 4 is 50.9 Å². The molecule has 0 unspecified atom stereocenters. The van der Waals surface area contributed by atoms with Gasteiger partial charge in [0, 0.05) is 22.5 Å². The summed E-state index contributed by atoms with van der Waals surface area (Å²) in [4.78, 5) is 29.6. The third-order valence-corrected chi connectivity index (χ3v) is 9.73. The largest absolute Gasteiger partial charge is 0.494 e. The van der Waals surface area contributed by atoms with E-state index in [2.05, 4.69) is 5.32 Å². The van der Waals surface area contributed by atoms with Crippen LogP contribution in [0.15, 0.2) is 82.6 Å². The van der Waals surface area contributed by atoms with Crippen LogP contribution in [0.5, 0.6) is 5.75 Å². The average molecular weight is 632 g/mol. The molecule has 0 aromatic heterocycles. The highest BCUT2D eigenvalue weighted by Gasteiger charge is 2.33. The fourth-order valence-electron chi connectivity index (χ4n) is 4.14. The number of amides is 2. The second-order valence-corrected chi connectivity index (χ2v) is 12.9. The normalized spacial score (nSPS) is 12.7. The Bertz CT molecular complexity index is 1450. The molecule has 0 spiro atoms. The monoisotopic (exact) mass is 631 g/mol. The molecule has 0 saturated carbocycles. The van der Waals surface area contributed by atoms with Gasteiger partial charge in [0.2, 0.25) is 11.8 Å². The van der Waals surface area contributed by atoms with Gasteiger partial charge in [0.05, 0.1) is 17.2 Å². The van der Waals surface area contributed by atoms with E-state index in [9.17, 15) is 18.0 Å². The van der Waals surface area contributed by atoms with Crippen molar-refractivity contribution in [2.45, 2.75) is 62.5 Å². The Kier molecular flexibility index (Phi) is 12.1. The third-order valence-electron chi connectivity index (χ3n) is 6.83. The molecule has 8 nitrogen and oxygen atoms in total. The van der Waals surface area contributed by atoms with Crippen molar-refractivity contribution in [3.8, 4) is 5.75 Å². The van der Waals surface area contributed by atoms with Crippen LogP contribution < -0.4 is 14.4 Å². The predicted molar refractivity (Wildman–Crippen MR) is 170 cm³/mol. The first-order valence-corrected chi connectivity index (χ1v) is 16.8. The molecule has 3 aromatic rings. The Hall–Kier alpha value is -3.21. The average Bonchev–Trinajstić information content (AvgIpc) is 2.99.